The maximum atomic E-state index is 6.45. The van der Waals surface area contributed by atoms with Crippen molar-refractivity contribution in [2.45, 2.75) is 0 Å². The molecule has 0 amide bonds. The molecule has 5 nitrogen and oxygen atoms in total. The zero-order valence-corrected chi connectivity index (χ0v) is 15.7. The van der Waals surface area contributed by atoms with Crippen LogP contribution < -0.4 is 10.2 Å². The Morgan fingerprint density at radius 1 is 1.08 bits per heavy atom. The lowest BCUT2D eigenvalue weighted by molar-refractivity contribution is 0.908. The molecule has 2 aromatic rings. The van der Waals surface area contributed by atoms with E-state index < -0.39 is 0 Å². The van der Waals surface area contributed by atoms with Gasteiger partial charge in [-0.1, -0.05) is 41.4 Å². The van der Waals surface area contributed by atoms with E-state index in [-0.39, 0.29) is 0 Å². The van der Waals surface area contributed by atoms with Gasteiger partial charge in [0.2, 0.25) is 0 Å². The molecule has 132 valence electrons. The van der Waals surface area contributed by atoms with E-state index in [9.17, 15) is 0 Å². The van der Waals surface area contributed by atoms with Crippen molar-refractivity contribution in [2.24, 2.45) is 15.2 Å². The molecule has 0 fully saturated rings. The van der Waals surface area contributed by atoms with Crippen LogP contribution in [0.25, 0.3) is 0 Å². The number of rotatable bonds is 3. The molecule has 0 aliphatic carbocycles. The lowest BCUT2D eigenvalue weighted by atomic mass is 10.00. The zero-order valence-electron chi connectivity index (χ0n) is 14.2. The quantitative estimate of drug-likeness (QED) is 0.876. The van der Waals surface area contributed by atoms with E-state index in [2.05, 4.69) is 20.4 Å². The summed E-state index contributed by atoms with van der Waals surface area (Å²) >= 11 is 12.8. The molecule has 7 heteroatoms. The Bertz CT molecular complexity index is 949. The fraction of sp³-hybridized carbons (Fsp3) is 0.211. The topological polar surface area (TPSA) is 52.4 Å². The second-order valence-electron chi connectivity index (χ2n) is 6.11. The summed E-state index contributed by atoms with van der Waals surface area (Å²) < 4.78 is 0. The minimum atomic E-state index is 0.434. The van der Waals surface area contributed by atoms with Crippen LogP contribution >= 0.6 is 23.2 Å². The third kappa shape index (κ3) is 3.14. The number of benzene rings is 2. The molecule has 4 rings (SSSR count). The first-order chi connectivity index (χ1) is 12.7. The van der Waals surface area contributed by atoms with E-state index in [0.29, 0.717) is 29.7 Å². The maximum Gasteiger partial charge on any atom is 0.154 e. The van der Waals surface area contributed by atoms with Gasteiger partial charge in [-0.25, -0.2) is 0 Å². The Labute approximate surface area is 162 Å². The Morgan fingerprint density at radius 2 is 1.92 bits per heavy atom. The summed E-state index contributed by atoms with van der Waals surface area (Å²) in [4.78, 5) is 6.96. The van der Waals surface area contributed by atoms with Crippen LogP contribution in [-0.2, 0) is 0 Å². The van der Waals surface area contributed by atoms with Crippen LogP contribution in [0.3, 0.4) is 0 Å². The standard InChI is InChI=1S/C19H17Cl2N5/c1-22-9-13-11-26-17-7-6-12(20)8-15(17)19(23-10-18(26)25-24-13)14-4-2-3-5-16(14)21/h2-8,22H,9-11H2,1H3. The molecule has 1 N–H and O–H groups in total. The molecule has 2 aliphatic heterocycles. The molecule has 0 saturated heterocycles. The highest BCUT2D eigenvalue weighted by atomic mass is 35.5. The lowest BCUT2D eigenvalue weighted by Gasteiger charge is -2.28. The number of hydrogen-bond acceptors (Lipinski definition) is 5. The van der Waals surface area contributed by atoms with Gasteiger partial charge in [-0.2, -0.15) is 5.10 Å². The predicted octanol–water partition coefficient (Wildman–Crippen LogP) is 3.64. The maximum absolute atomic E-state index is 6.45. The molecule has 0 saturated carbocycles. The first-order valence-electron chi connectivity index (χ1n) is 8.31. The predicted molar refractivity (Wildman–Crippen MR) is 110 cm³/mol. The van der Waals surface area contributed by atoms with Crippen molar-refractivity contribution in [1.82, 2.24) is 5.32 Å². The number of aliphatic imine (C=N–C) groups is 1. The van der Waals surface area contributed by atoms with Gasteiger partial charge in [-0.05, 0) is 31.3 Å². The molecule has 26 heavy (non-hydrogen) atoms. The Hall–Kier alpha value is -2.21. The summed E-state index contributed by atoms with van der Waals surface area (Å²) in [6.45, 7) is 1.79. The second-order valence-corrected chi connectivity index (χ2v) is 6.95. The zero-order chi connectivity index (χ0) is 18.1. The normalized spacial score (nSPS) is 16.1. The van der Waals surface area contributed by atoms with Gasteiger partial charge in [0.1, 0.15) is 0 Å². The highest BCUT2D eigenvalue weighted by Gasteiger charge is 2.27. The summed E-state index contributed by atoms with van der Waals surface area (Å²) in [5, 5.41) is 13.2. The fourth-order valence-electron chi connectivity index (χ4n) is 3.18. The van der Waals surface area contributed by atoms with Crippen molar-refractivity contribution in [3.63, 3.8) is 0 Å². The number of amidine groups is 1. The average molecular weight is 386 g/mol. The third-order valence-corrected chi connectivity index (χ3v) is 4.92. The van der Waals surface area contributed by atoms with Gasteiger partial charge in [0.25, 0.3) is 0 Å². The van der Waals surface area contributed by atoms with Crippen LogP contribution in [0.2, 0.25) is 10.0 Å². The summed E-state index contributed by atoms with van der Waals surface area (Å²) in [7, 11) is 1.90. The number of nitrogens with one attached hydrogen (secondary N) is 1. The highest BCUT2D eigenvalue weighted by molar-refractivity contribution is 6.37. The minimum absolute atomic E-state index is 0.434. The number of anilines is 1. The van der Waals surface area contributed by atoms with E-state index in [1.807, 2.05) is 49.5 Å². The molecular formula is C19H17Cl2N5. The van der Waals surface area contributed by atoms with Crippen molar-refractivity contribution < 1.29 is 0 Å². The van der Waals surface area contributed by atoms with Crippen molar-refractivity contribution in [2.75, 3.05) is 31.6 Å². The van der Waals surface area contributed by atoms with Crippen molar-refractivity contribution in [1.29, 1.82) is 0 Å². The first kappa shape index (κ1) is 17.2. The lowest BCUT2D eigenvalue weighted by Crippen LogP contribution is -2.42. The average Bonchev–Trinajstić information content (AvgIpc) is 2.79. The SMILES string of the molecule is CNCC1=NN=C2CN=C(c3ccccc3Cl)c3cc(Cl)ccc3N2C1. The Morgan fingerprint density at radius 3 is 2.73 bits per heavy atom. The molecule has 0 atom stereocenters. The fourth-order valence-corrected chi connectivity index (χ4v) is 3.57. The van der Waals surface area contributed by atoms with Crippen LogP contribution in [0.1, 0.15) is 11.1 Å². The van der Waals surface area contributed by atoms with Gasteiger partial charge in [-0.3, -0.25) is 4.99 Å². The van der Waals surface area contributed by atoms with Gasteiger partial charge in [0.05, 0.1) is 30.2 Å². The van der Waals surface area contributed by atoms with Gasteiger partial charge < -0.3 is 10.2 Å². The largest absolute Gasteiger partial charge is 0.320 e. The minimum Gasteiger partial charge on any atom is -0.320 e. The monoisotopic (exact) mass is 385 g/mol. The van der Waals surface area contributed by atoms with Crippen LogP contribution in [-0.4, -0.2) is 43.9 Å². The van der Waals surface area contributed by atoms with E-state index in [1.165, 1.54) is 0 Å². The molecule has 0 aromatic heterocycles. The molecule has 2 aromatic carbocycles. The Balaban J connectivity index is 1.87. The van der Waals surface area contributed by atoms with E-state index in [4.69, 9.17) is 28.2 Å². The van der Waals surface area contributed by atoms with Gasteiger partial charge in [-0.15, -0.1) is 5.10 Å². The van der Waals surface area contributed by atoms with Crippen molar-refractivity contribution >= 4 is 46.1 Å². The smallest absolute Gasteiger partial charge is 0.154 e. The summed E-state index contributed by atoms with van der Waals surface area (Å²) in [5.74, 6) is 0.815. The van der Waals surface area contributed by atoms with Crippen molar-refractivity contribution in [3.8, 4) is 0 Å². The number of nitrogens with zero attached hydrogens (tertiary/aromatic N) is 4. The molecular weight excluding hydrogens is 369 g/mol. The van der Waals surface area contributed by atoms with Crippen LogP contribution in [0.4, 0.5) is 5.69 Å². The molecule has 0 bridgehead atoms. The number of hydrogen-bond donors (Lipinski definition) is 1. The highest BCUT2D eigenvalue weighted by Crippen LogP contribution is 2.32. The molecule has 0 unspecified atom stereocenters. The van der Waals surface area contributed by atoms with Crippen LogP contribution in [0.5, 0.6) is 0 Å². The van der Waals surface area contributed by atoms with Gasteiger partial charge in [0.15, 0.2) is 5.84 Å². The van der Waals surface area contributed by atoms with Crippen LogP contribution in [0.15, 0.2) is 57.7 Å². The van der Waals surface area contributed by atoms with Crippen molar-refractivity contribution in [3.05, 3.63) is 63.6 Å². The summed E-state index contributed by atoms with van der Waals surface area (Å²) in [5.41, 5.74) is 4.63. The summed E-state index contributed by atoms with van der Waals surface area (Å²) in [6, 6.07) is 13.5. The first-order valence-corrected chi connectivity index (χ1v) is 9.06. The van der Waals surface area contributed by atoms with Gasteiger partial charge >= 0.3 is 0 Å². The number of fused-ring (bicyclic) bond motifs is 3. The summed E-state index contributed by atoms with van der Waals surface area (Å²) in [6.07, 6.45) is 0. The van der Waals surface area contributed by atoms with Crippen LogP contribution in [0, 0.1) is 0 Å². The van der Waals surface area contributed by atoms with Gasteiger partial charge in [0, 0.05) is 27.7 Å². The second kappa shape index (κ2) is 7.19. The number of halogens is 2. The Kier molecular flexibility index (Phi) is 4.76. The molecule has 2 aliphatic rings. The van der Waals surface area contributed by atoms with E-state index in [0.717, 1.165) is 34.1 Å². The third-order valence-electron chi connectivity index (χ3n) is 4.35. The van der Waals surface area contributed by atoms with E-state index >= 15 is 0 Å². The molecule has 2 heterocycles. The molecule has 0 spiro atoms. The molecule has 0 radical (unpaired) electrons. The van der Waals surface area contributed by atoms with E-state index in [1.54, 1.807) is 0 Å².